The summed E-state index contributed by atoms with van der Waals surface area (Å²) in [6, 6.07) is -0.661. The summed E-state index contributed by atoms with van der Waals surface area (Å²) < 4.78 is 7.71. The summed E-state index contributed by atoms with van der Waals surface area (Å²) in [6.07, 6.45) is -4.21. The lowest BCUT2D eigenvalue weighted by molar-refractivity contribution is -0.286. The van der Waals surface area contributed by atoms with Crippen LogP contribution in [0.2, 0.25) is 0 Å². The highest BCUT2D eigenvalue weighted by molar-refractivity contribution is 5.01. The maximum absolute atomic E-state index is 9.78. The second-order valence-electron chi connectivity index (χ2n) is 4.10. The standard InChI is InChI=1S/C8H14NO6/c10-1-3-6(11)7(12)5(8(13)14-3)9-4-2-15(4)9/h3-8,10-13H,1-2H2/q+1/t3-,4-,5-,6-,7-,8+,9?/m0/s1. The Labute approximate surface area is 85.7 Å². The first-order valence-electron chi connectivity index (χ1n) is 4.94. The van der Waals surface area contributed by atoms with Crippen LogP contribution >= 0.6 is 0 Å². The molecule has 7 atom stereocenters. The quantitative estimate of drug-likeness (QED) is 0.291. The van der Waals surface area contributed by atoms with Crippen LogP contribution in [0.5, 0.6) is 0 Å². The number of rotatable bonds is 2. The second kappa shape index (κ2) is 3.11. The van der Waals surface area contributed by atoms with Crippen molar-refractivity contribution in [1.29, 1.82) is 0 Å². The van der Waals surface area contributed by atoms with Gasteiger partial charge in [0.05, 0.1) is 6.61 Å². The van der Waals surface area contributed by atoms with Crippen molar-refractivity contribution in [3.63, 3.8) is 0 Å². The van der Waals surface area contributed by atoms with Gasteiger partial charge >= 0.3 is 6.23 Å². The Morgan fingerprint density at radius 1 is 1.27 bits per heavy atom. The Morgan fingerprint density at radius 3 is 2.40 bits per heavy atom. The molecule has 0 aromatic rings. The molecule has 3 fully saturated rings. The largest absolute Gasteiger partial charge is 0.394 e. The number of aliphatic hydroxyl groups is 4. The molecule has 3 saturated heterocycles. The van der Waals surface area contributed by atoms with E-state index in [0.29, 0.717) is 0 Å². The van der Waals surface area contributed by atoms with Gasteiger partial charge in [-0.3, -0.25) is 4.47 Å². The molecule has 1 unspecified atom stereocenters. The van der Waals surface area contributed by atoms with Gasteiger partial charge in [-0.25, -0.2) is 0 Å². The fraction of sp³-hybridized carbons (Fsp3) is 1.00. The van der Waals surface area contributed by atoms with E-state index in [4.69, 9.17) is 9.84 Å². The molecule has 0 amide bonds. The van der Waals surface area contributed by atoms with E-state index < -0.39 is 37.3 Å². The van der Waals surface area contributed by atoms with Gasteiger partial charge < -0.3 is 25.2 Å². The fourth-order valence-electron chi connectivity index (χ4n) is 2.13. The van der Waals surface area contributed by atoms with Crippen LogP contribution in [0.3, 0.4) is 0 Å². The maximum Gasteiger partial charge on any atom is 0.368 e. The van der Waals surface area contributed by atoms with Crippen molar-refractivity contribution in [2.75, 3.05) is 13.2 Å². The van der Waals surface area contributed by atoms with E-state index in [2.05, 4.69) is 4.47 Å². The molecule has 3 aliphatic heterocycles. The lowest BCUT2D eigenvalue weighted by Gasteiger charge is -2.38. The van der Waals surface area contributed by atoms with Crippen molar-refractivity contribution in [1.82, 2.24) is 5.06 Å². The van der Waals surface area contributed by atoms with Gasteiger partial charge in [-0.1, -0.05) is 0 Å². The molecule has 0 bridgehead atoms. The Balaban J connectivity index is 1.72. The molecule has 0 aliphatic carbocycles. The summed E-state index contributed by atoms with van der Waals surface area (Å²) in [6.45, 7) is 0.428. The monoisotopic (exact) mass is 220 g/mol. The number of nitrogens with zero attached hydrogens (tertiary/aromatic N) is 1. The molecule has 86 valence electrons. The number of epoxide rings is 1. The van der Waals surface area contributed by atoms with E-state index >= 15 is 0 Å². The zero-order valence-electron chi connectivity index (χ0n) is 7.93. The van der Waals surface area contributed by atoms with Crippen LogP contribution in [-0.2, 0) is 9.20 Å². The summed E-state index contributed by atoms with van der Waals surface area (Å²) >= 11 is 0. The van der Waals surface area contributed by atoms with Gasteiger partial charge in [0.1, 0.15) is 18.3 Å². The van der Waals surface area contributed by atoms with Crippen LogP contribution in [0.25, 0.3) is 0 Å². The highest BCUT2D eigenvalue weighted by Crippen LogP contribution is 2.52. The van der Waals surface area contributed by atoms with Gasteiger partial charge in [0.2, 0.25) is 0 Å². The highest BCUT2D eigenvalue weighted by atomic mass is 17.1. The van der Waals surface area contributed by atoms with Crippen molar-refractivity contribution < 1.29 is 29.6 Å². The van der Waals surface area contributed by atoms with Gasteiger partial charge in [0.15, 0.2) is 12.3 Å². The third-order valence-corrected chi connectivity index (χ3v) is 3.18. The first-order chi connectivity index (χ1) is 7.15. The molecule has 0 aromatic heterocycles. The molecule has 3 heterocycles. The van der Waals surface area contributed by atoms with Crippen LogP contribution < -0.4 is 0 Å². The zero-order valence-corrected chi connectivity index (χ0v) is 7.93. The highest BCUT2D eigenvalue weighted by Gasteiger charge is 2.81. The minimum atomic E-state index is -1.19. The summed E-state index contributed by atoms with van der Waals surface area (Å²) in [5, 5.41) is 39.6. The average Bonchev–Trinajstić information content (AvgIpc) is 3.07. The maximum atomic E-state index is 9.78. The van der Waals surface area contributed by atoms with E-state index in [1.807, 2.05) is 0 Å². The number of aliphatic hydroxyl groups excluding tert-OH is 4. The van der Waals surface area contributed by atoms with Crippen LogP contribution in [0.1, 0.15) is 0 Å². The van der Waals surface area contributed by atoms with Crippen molar-refractivity contribution in [2.24, 2.45) is 0 Å². The molecule has 7 heteroatoms. The van der Waals surface area contributed by atoms with Crippen molar-refractivity contribution >= 4 is 0 Å². The van der Waals surface area contributed by atoms with Crippen LogP contribution in [-0.4, -0.2) is 75.6 Å². The Morgan fingerprint density at radius 2 is 1.93 bits per heavy atom. The fourth-order valence-corrected chi connectivity index (χ4v) is 2.13. The molecule has 15 heavy (non-hydrogen) atoms. The molecule has 0 saturated carbocycles. The summed E-state index contributed by atoms with van der Waals surface area (Å²) in [5.41, 5.74) is 0. The van der Waals surface area contributed by atoms with Gasteiger partial charge in [-0.15, -0.1) is 0 Å². The van der Waals surface area contributed by atoms with Crippen LogP contribution in [0, 0.1) is 0 Å². The van der Waals surface area contributed by atoms with Crippen molar-refractivity contribution in [2.45, 2.75) is 36.9 Å². The number of hydrogen-bond acceptors (Lipinski definition) is 6. The van der Waals surface area contributed by atoms with E-state index in [1.165, 1.54) is 0 Å². The summed E-state index contributed by atoms with van der Waals surface area (Å²) in [5.74, 6) is 0. The van der Waals surface area contributed by atoms with Crippen LogP contribution in [0.15, 0.2) is 0 Å². The molecule has 0 spiro atoms. The lowest BCUT2D eigenvalue weighted by atomic mass is 9.97. The lowest BCUT2D eigenvalue weighted by Crippen LogP contribution is -2.62. The first-order valence-corrected chi connectivity index (χ1v) is 4.94. The molecule has 3 rings (SSSR count). The van der Waals surface area contributed by atoms with Crippen LogP contribution in [0.4, 0.5) is 0 Å². The van der Waals surface area contributed by atoms with E-state index in [1.54, 1.807) is 5.06 Å². The Bertz CT molecular complexity index is 268. The van der Waals surface area contributed by atoms with Crippen molar-refractivity contribution in [3.8, 4) is 0 Å². The smallest absolute Gasteiger partial charge is 0.368 e. The van der Waals surface area contributed by atoms with Gasteiger partial charge in [0.25, 0.3) is 6.61 Å². The van der Waals surface area contributed by atoms with Gasteiger partial charge in [-0.2, -0.15) is 0 Å². The predicted octanol–water partition coefficient (Wildman–Crippen LogP) is -3.09. The topological polar surface area (TPSA) is 95.9 Å². The third-order valence-electron chi connectivity index (χ3n) is 3.18. The van der Waals surface area contributed by atoms with E-state index in [9.17, 15) is 15.3 Å². The molecule has 7 nitrogen and oxygen atoms in total. The Kier molecular flexibility index (Phi) is 2.05. The molecule has 0 radical (unpaired) electrons. The number of ether oxygens (including phenoxy) is 1. The number of hydroxylamine groups is 2. The zero-order chi connectivity index (χ0) is 10.7. The average molecular weight is 220 g/mol. The Hall–Kier alpha value is -0.280. The van der Waals surface area contributed by atoms with E-state index in [0.717, 1.165) is 6.61 Å². The number of fused-ring (bicyclic) bond motifs is 1. The minimum absolute atomic E-state index is 0.209. The molecular weight excluding hydrogens is 206 g/mol. The van der Waals surface area contributed by atoms with E-state index in [-0.39, 0.29) is 6.23 Å². The summed E-state index contributed by atoms with van der Waals surface area (Å²) in [4.78, 5) is 0. The predicted molar refractivity (Wildman–Crippen MR) is 45.3 cm³/mol. The molecule has 3 aliphatic rings. The minimum Gasteiger partial charge on any atom is -0.394 e. The van der Waals surface area contributed by atoms with Gasteiger partial charge in [-0.05, 0) is 0 Å². The molecular formula is C8H14NO6+. The SMILES string of the molecule is OC[C@@H]1O[C@@H](O)[C@@H](N2[C@@H]3C[O+]32)[C@H](O)[C@H]1O. The van der Waals surface area contributed by atoms with Crippen molar-refractivity contribution in [3.05, 3.63) is 0 Å². The first kappa shape index (κ1) is 9.91. The molecule has 0 aromatic carbocycles. The second-order valence-corrected chi connectivity index (χ2v) is 4.10. The van der Waals surface area contributed by atoms with Gasteiger partial charge in [0, 0.05) is 5.06 Å². The molecule has 4 N–H and O–H groups in total. The number of hydrogen-bond donors (Lipinski definition) is 4. The normalized spacial score (nSPS) is 58.8. The summed E-state index contributed by atoms with van der Waals surface area (Å²) in [7, 11) is 0. The third kappa shape index (κ3) is 1.32.